The van der Waals surface area contributed by atoms with Crippen molar-refractivity contribution in [3.63, 3.8) is 0 Å². The minimum atomic E-state index is -4.95. The summed E-state index contributed by atoms with van der Waals surface area (Å²) in [5.41, 5.74) is 0. The zero-order valence-electron chi connectivity index (χ0n) is 1.96. The summed E-state index contributed by atoms with van der Waals surface area (Å²) in [5, 5.41) is 0. The monoisotopic (exact) mass is 197 g/mol. The molecule has 0 unspecified atom stereocenters. The van der Waals surface area contributed by atoms with E-state index in [0.29, 0.717) is 0 Å². The molecule has 0 aromatic rings. The van der Waals surface area contributed by atoms with E-state index in [1.54, 1.807) is 0 Å². The van der Waals surface area contributed by atoms with Crippen LogP contribution in [0.25, 0.3) is 0 Å². The van der Waals surface area contributed by atoms with Crippen molar-refractivity contribution < 1.29 is 13.1 Å². The Bertz CT molecular complexity index is 8.36. The molecule has 0 atom stereocenters. The van der Waals surface area contributed by atoms with Crippen molar-refractivity contribution >= 4 is 22.0 Å². The van der Waals surface area contributed by atoms with E-state index in [1.807, 2.05) is 0 Å². The van der Waals surface area contributed by atoms with Crippen LogP contribution in [0.15, 0.2) is 0 Å². The van der Waals surface area contributed by atoms with Crippen LogP contribution >= 0.6 is 0 Å². The molecule has 0 nitrogen and oxygen atoms in total. The Kier molecular flexibility index (Phi) is 8.27. The summed E-state index contributed by atoms with van der Waals surface area (Å²) in [6.07, 6.45) is 0. The topological polar surface area (TPSA) is 0 Å². The van der Waals surface area contributed by atoms with Crippen molar-refractivity contribution in [3.8, 4) is 0 Å². The molecule has 0 fully saturated rings. The molecule has 1 radical (unpaired) electrons. The van der Waals surface area contributed by atoms with Gasteiger partial charge < -0.3 is 4.70 Å². The molecule has 0 heterocycles. The molecule has 0 spiro atoms. The normalized spacial score (nSPS) is 7.20. The van der Waals surface area contributed by atoms with Gasteiger partial charge in [-0.15, -0.1) is 0 Å². The molecule has 0 amide bonds. The zero-order valence-corrected chi connectivity index (χ0v) is 4.51. The zero-order chi connectivity index (χ0) is 3.58. The van der Waals surface area contributed by atoms with Gasteiger partial charge in [0.15, 0.2) is 0 Å². The molecule has 0 aliphatic heterocycles. The van der Waals surface area contributed by atoms with E-state index in [9.17, 15) is 8.44 Å². The van der Waals surface area contributed by atoms with Crippen molar-refractivity contribution in [2.24, 2.45) is 0 Å². The van der Waals surface area contributed by atoms with Crippen molar-refractivity contribution in [1.82, 2.24) is 0 Å². The molecular formula is F4Sb. The van der Waals surface area contributed by atoms with E-state index in [0.717, 1.165) is 0 Å². The predicted octanol–water partition coefficient (Wildman–Crippen LogP) is -2.12. The summed E-state index contributed by atoms with van der Waals surface area (Å²) < 4.78 is 29.6. The van der Waals surface area contributed by atoms with Gasteiger partial charge in [-0.25, -0.2) is 0 Å². The number of halogens is 4. The third-order valence-corrected chi connectivity index (χ3v) is 0. The van der Waals surface area contributed by atoms with Crippen LogP contribution in [0.2, 0.25) is 0 Å². The van der Waals surface area contributed by atoms with Gasteiger partial charge >= 0.3 is 30.4 Å². The van der Waals surface area contributed by atoms with Gasteiger partial charge in [-0.2, -0.15) is 0 Å². The maximum absolute atomic E-state index is 9.85. The van der Waals surface area contributed by atoms with E-state index in [-0.39, 0.29) is 4.70 Å². The quantitative estimate of drug-likeness (QED) is 0.308. The molecule has 0 saturated carbocycles. The average Bonchev–Trinajstić information content (AvgIpc) is 0.811. The maximum atomic E-state index is 9.85. The molecule has 0 bridgehead atoms. The summed E-state index contributed by atoms with van der Waals surface area (Å²) in [5.74, 6) is 0. The molecule has 0 N–H and O–H groups in total. The first-order chi connectivity index (χ1) is 1.73. The second kappa shape index (κ2) is 4.54. The van der Waals surface area contributed by atoms with Gasteiger partial charge in [-0.05, 0) is 0 Å². The Hall–Kier alpha value is 0.538. The predicted molar refractivity (Wildman–Crippen MR) is 9.08 cm³/mol. The van der Waals surface area contributed by atoms with Crippen LogP contribution in [-0.4, -0.2) is 22.0 Å². The SMILES string of the molecule is [F-].[F][Sb+]([F])[F]. The van der Waals surface area contributed by atoms with Crippen molar-refractivity contribution in [2.75, 3.05) is 0 Å². The van der Waals surface area contributed by atoms with Gasteiger partial charge in [0.05, 0.1) is 0 Å². The molecule has 0 aliphatic rings. The first kappa shape index (κ1) is 9.11. The van der Waals surface area contributed by atoms with Crippen LogP contribution in [0.3, 0.4) is 0 Å². The molecule has 33 valence electrons. The second-order valence-corrected chi connectivity index (χ2v) is 1.29. The van der Waals surface area contributed by atoms with Crippen molar-refractivity contribution in [3.05, 3.63) is 0 Å². The van der Waals surface area contributed by atoms with Gasteiger partial charge in [-0.1, -0.05) is 0 Å². The van der Waals surface area contributed by atoms with E-state index in [1.165, 1.54) is 0 Å². The fourth-order valence-electron chi connectivity index (χ4n) is 0. The van der Waals surface area contributed by atoms with Gasteiger partial charge in [0.25, 0.3) is 0 Å². The summed E-state index contributed by atoms with van der Waals surface area (Å²) >= 11 is -4.95. The number of hydrogen-bond donors (Lipinski definition) is 0. The Morgan fingerprint density at radius 2 is 1.00 bits per heavy atom. The summed E-state index contributed by atoms with van der Waals surface area (Å²) in [4.78, 5) is 0. The Morgan fingerprint density at radius 3 is 1.00 bits per heavy atom. The Morgan fingerprint density at radius 1 is 1.00 bits per heavy atom. The van der Waals surface area contributed by atoms with Gasteiger partial charge in [0.1, 0.15) is 0 Å². The molecule has 5 heavy (non-hydrogen) atoms. The molecule has 0 rings (SSSR count). The molecule has 0 aromatic heterocycles. The van der Waals surface area contributed by atoms with Crippen LogP contribution in [0, 0.1) is 0 Å². The van der Waals surface area contributed by atoms with Crippen LogP contribution in [0.5, 0.6) is 0 Å². The fraction of sp³-hybridized carbons (Fsp3) is 0. The van der Waals surface area contributed by atoms with E-state index >= 15 is 0 Å². The van der Waals surface area contributed by atoms with Gasteiger partial charge in [-0.3, -0.25) is 0 Å². The molecule has 5 heteroatoms. The van der Waals surface area contributed by atoms with Crippen LogP contribution in [-0.2, 0) is 0 Å². The minimum absolute atomic E-state index is 0. The van der Waals surface area contributed by atoms with E-state index in [2.05, 4.69) is 0 Å². The average molecular weight is 198 g/mol. The van der Waals surface area contributed by atoms with E-state index < -0.39 is 22.0 Å². The summed E-state index contributed by atoms with van der Waals surface area (Å²) in [6, 6.07) is 0. The summed E-state index contributed by atoms with van der Waals surface area (Å²) in [7, 11) is 0. The first-order valence-electron chi connectivity index (χ1n) is 0.507. The standard InChI is InChI=1S/4FH.Sb/h4*1H;/q;;;;+4/p-4. The third-order valence-electron chi connectivity index (χ3n) is 0. The molecule has 0 saturated heterocycles. The van der Waals surface area contributed by atoms with Crippen LogP contribution < -0.4 is 4.70 Å². The van der Waals surface area contributed by atoms with Crippen LogP contribution in [0.1, 0.15) is 0 Å². The number of rotatable bonds is 0. The van der Waals surface area contributed by atoms with Crippen molar-refractivity contribution in [1.29, 1.82) is 0 Å². The molecular weight excluding hydrogens is 198 g/mol. The number of hydrogen-bond acceptors (Lipinski definition) is 0. The Labute approximate surface area is 35.7 Å². The van der Waals surface area contributed by atoms with Crippen LogP contribution in [0.4, 0.5) is 8.44 Å². The van der Waals surface area contributed by atoms with Gasteiger partial charge in [0.2, 0.25) is 0 Å². The van der Waals surface area contributed by atoms with E-state index in [4.69, 9.17) is 0 Å². The van der Waals surface area contributed by atoms with Gasteiger partial charge in [0, 0.05) is 0 Å². The Balaban J connectivity index is 0. The molecule has 0 aromatic carbocycles. The molecule has 0 aliphatic carbocycles. The first-order valence-corrected chi connectivity index (χ1v) is 3.40. The van der Waals surface area contributed by atoms with Crippen molar-refractivity contribution in [2.45, 2.75) is 0 Å². The second-order valence-electron chi connectivity index (χ2n) is 0.192. The fourth-order valence-corrected chi connectivity index (χ4v) is 0. The third kappa shape index (κ3) is 101. The summed E-state index contributed by atoms with van der Waals surface area (Å²) in [6.45, 7) is 0.